The van der Waals surface area contributed by atoms with Gasteiger partial charge in [-0.15, -0.1) is 0 Å². The fourth-order valence-electron chi connectivity index (χ4n) is 3.52. The molecule has 2 amide bonds. The lowest BCUT2D eigenvalue weighted by Gasteiger charge is -2.27. The maximum absolute atomic E-state index is 13.2. The predicted molar refractivity (Wildman–Crippen MR) is 106 cm³/mol. The lowest BCUT2D eigenvalue weighted by atomic mass is 9.87. The lowest BCUT2D eigenvalue weighted by Crippen LogP contribution is -2.42. The lowest BCUT2D eigenvalue weighted by molar-refractivity contribution is -0.201. The van der Waals surface area contributed by atoms with Crippen LogP contribution in [0.3, 0.4) is 0 Å². The predicted octanol–water partition coefficient (Wildman–Crippen LogP) is 3.40. The van der Waals surface area contributed by atoms with Crippen LogP contribution in [0.25, 0.3) is 0 Å². The number of primary amides is 1. The molecule has 0 spiro atoms. The van der Waals surface area contributed by atoms with Crippen molar-refractivity contribution in [1.82, 2.24) is 10.2 Å². The van der Waals surface area contributed by atoms with Gasteiger partial charge >= 0.3 is 6.18 Å². The van der Waals surface area contributed by atoms with Gasteiger partial charge in [-0.25, -0.2) is 0 Å². The number of carbonyl (C=O) groups is 2. The van der Waals surface area contributed by atoms with E-state index in [-0.39, 0.29) is 31.8 Å². The quantitative estimate of drug-likeness (QED) is 0.626. The summed E-state index contributed by atoms with van der Waals surface area (Å²) < 4.78 is 39.6. The van der Waals surface area contributed by atoms with E-state index in [1.807, 2.05) is 19.0 Å². The number of benzene rings is 1. The molecular formula is C20H27ClF3N3O2. The summed E-state index contributed by atoms with van der Waals surface area (Å²) in [6.45, 7) is 1.76. The molecule has 0 aliphatic heterocycles. The molecule has 1 aliphatic carbocycles. The van der Waals surface area contributed by atoms with Crippen molar-refractivity contribution in [3.63, 3.8) is 0 Å². The van der Waals surface area contributed by atoms with Gasteiger partial charge in [-0.1, -0.05) is 24.6 Å². The Bertz CT molecular complexity index is 764. The van der Waals surface area contributed by atoms with Crippen LogP contribution in [0.15, 0.2) is 18.2 Å². The van der Waals surface area contributed by atoms with E-state index in [0.717, 1.165) is 5.56 Å². The van der Waals surface area contributed by atoms with Crippen LogP contribution in [-0.4, -0.2) is 49.6 Å². The highest BCUT2D eigenvalue weighted by Gasteiger charge is 2.65. The first-order chi connectivity index (χ1) is 13.4. The van der Waals surface area contributed by atoms with Crippen molar-refractivity contribution < 1.29 is 22.8 Å². The molecule has 2 atom stereocenters. The minimum atomic E-state index is -4.27. The van der Waals surface area contributed by atoms with Gasteiger partial charge in [0.1, 0.15) is 0 Å². The van der Waals surface area contributed by atoms with Crippen LogP contribution < -0.4 is 11.1 Å². The van der Waals surface area contributed by atoms with Crippen molar-refractivity contribution in [2.45, 2.75) is 44.8 Å². The maximum Gasteiger partial charge on any atom is 0.394 e. The van der Waals surface area contributed by atoms with E-state index in [1.165, 1.54) is 13.0 Å². The summed E-state index contributed by atoms with van der Waals surface area (Å²) in [6.07, 6.45) is -3.76. The summed E-state index contributed by atoms with van der Waals surface area (Å²) in [6, 6.07) is 4.67. The Labute approximate surface area is 173 Å². The fraction of sp³-hybridized carbons (Fsp3) is 0.600. The second-order valence-corrected chi connectivity index (χ2v) is 8.46. The largest absolute Gasteiger partial charge is 0.394 e. The highest BCUT2D eigenvalue weighted by atomic mass is 35.5. The molecule has 5 nitrogen and oxygen atoms in total. The van der Waals surface area contributed by atoms with Crippen LogP contribution in [0.2, 0.25) is 5.02 Å². The molecule has 1 aliphatic rings. The summed E-state index contributed by atoms with van der Waals surface area (Å²) in [5, 5.41) is 3.15. The number of likely N-dealkylation sites (N-methyl/N-ethyl adjacent to an activating group) is 1. The van der Waals surface area contributed by atoms with Gasteiger partial charge in [0.25, 0.3) is 0 Å². The first-order valence-corrected chi connectivity index (χ1v) is 9.83. The van der Waals surface area contributed by atoms with Gasteiger partial charge in [-0.3, -0.25) is 9.59 Å². The van der Waals surface area contributed by atoms with Crippen molar-refractivity contribution in [2.24, 2.45) is 17.1 Å². The summed E-state index contributed by atoms with van der Waals surface area (Å²) in [5.74, 6) is -1.72. The number of nitrogens with two attached hydrogens (primary N) is 1. The normalized spacial score (nSPS) is 17.7. The zero-order valence-electron chi connectivity index (χ0n) is 16.8. The smallest absolute Gasteiger partial charge is 0.366 e. The third-order valence-electron chi connectivity index (χ3n) is 5.85. The maximum atomic E-state index is 13.2. The molecule has 9 heteroatoms. The van der Waals surface area contributed by atoms with Gasteiger partial charge in [-0.2, -0.15) is 13.2 Å². The minimum Gasteiger partial charge on any atom is -0.366 e. The molecule has 2 rings (SSSR count). The van der Waals surface area contributed by atoms with E-state index >= 15 is 0 Å². The standard InChI is InChI=1S/C20H27ClF3N3O2/c1-12(19(6-7-19)20(22,23)24)8-17(28)26-11-15(27(2)3)9-13-4-5-14(18(25)29)10-16(13)21/h4-5,10,12,15H,6-9,11H2,1-3H3,(H2,25,29)(H,26,28)/t12-,15-/m0/s1. The van der Waals surface area contributed by atoms with Crippen LogP contribution in [0.4, 0.5) is 13.2 Å². The molecule has 3 N–H and O–H groups in total. The Morgan fingerprint density at radius 3 is 2.38 bits per heavy atom. The molecule has 0 heterocycles. The molecule has 0 radical (unpaired) electrons. The molecule has 0 unspecified atom stereocenters. The molecular weight excluding hydrogens is 407 g/mol. The van der Waals surface area contributed by atoms with Crippen molar-refractivity contribution in [3.8, 4) is 0 Å². The molecule has 1 saturated carbocycles. The van der Waals surface area contributed by atoms with Crippen molar-refractivity contribution in [2.75, 3.05) is 20.6 Å². The summed E-state index contributed by atoms with van der Waals surface area (Å²) >= 11 is 6.23. The second kappa shape index (κ2) is 8.92. The SMILES string of the molecule is C[C@@H](CC(=O)NC[C@H](Cc1ccc(C(N)=O)cc1Cl)N(C)C)C1(C(F)(F)F)CC1. The van der Waals surface area contributed by atoms with Gasteiger partial charge in [0.2, 0.25) is 11.8 Å². The zero-order valence-corrected chi connectivity index (χ0v) is 17.5. The van der Waals surface area contributed by atoms with Gasteiger partial charge in [0.15, 0.2) is 0 Å². The summed E-state index contributed by atoms with van der Waals surface area (Å²) in [5.41, 5.74) is 4.62. The van der Waals surface area contributed by atoms with Gasteiger partial charge in [-0.05, 0) is 57.0 Å². The average Bonchev–Trinajstić information content (AvgIpc) is 3.41. The van der Waals surface area contributed by atoms with E-state index in [0.29, 0.717) is 17.0 Å². The Morgan fingerprint density at radius 2 is 1.93 bits per heavy atom. The van der Waals surface area contributed by atoms with Crippen LogP contribution >= 0.6 is 11.6 Å². The molecule has 1 fully saturated rings. The number of rotatable bonds is 9. The second-order valence-electron chi connectivity index (χ2n) is 8.06. The van der Waals surface area contributed by atoms with E-state index in [1.54, 1.807) is 12.1 Å². The highest BCUT2D eigenvalue weighted by Crippen LogP contribution is 2.62. The number of halogens is 4. The summed E-state index contributed by atoms with van der Waals surface area (Å²) in [4.78, 5) is 25.4. The Morgan fingerprint density at radius 1 is 1.31 bits per heavy atom. The van der Waals surface area contributed by atoms with E-state index in [2.05, 4.69) is 5.32 Å². The number of hydrogen-bond acceptors (Lipinski definition) is 3. The molecule has 0 saturated heterocycles. The molecule has 1 aromatic rings. The molecule has 1 aromatic carbocycles. The first-order valence-electron chi connectivity index (χ1n) is 9.45. The van der Waals surface area contributed by atoms with Crippen molar-refractivity contribution in [3.05, 3.63) is 34.3 Å². The first kappa shape index (κ1) is 23.5. The third kappa shape index (κ3) is 5.63. The van der Waals surface area contributed by atoms with Crippen molar-refractivity contribution >= 4 is 23.4 Å². The number of hydrogen-bond donors (Lipinski definition) is 2. The van der Waals surface area contributed by atoms with Crippen LogP contribution in [0, 0.1) is 11.3 Å². The highest BCUT2D eigenvalue weighted by molar-refractivity contribution is 6.31. The molecule has 0 bridgehead atoms. The van der Waals surface area contributed by atoms with Gasteiger partial charge in [0, 0.05) is 29.6 Å². The zero-order chi connectivity index (χ0) is 22.0. The molecule has 162 valence electrons. The number of carbonyl (C=O) groups excluding carboxylic acids is 2. The van der Waals surface area contributed by atoms with Crippen LogP contribution in [-0.2, 0) is 11.2 Å². The third-order valence-corrected chi connectivity index (χ3v) is 6.20. The Kier molecular flexibility index (Phi) is 7.22. The minimum absolute atomic E-state index is 0.0884. The Balaban J connectivity index is 1.94. The number of amides is 2. The van der Waals surface area contributed by atoms with Crippen LogP contribution in [0.5, 0.6) is 0 Å². The van der Waals surface area contributed by atoms with E-state index in [9.17, 15) is 22.8 Å². The number of nitrogens with zero attached hydrogens (tertiary/aromatic N) is 1. The van der Waals surface area contributed by atoms with Gasteiger partial charge < -0.3 is 16.0 Å². The van der Waals surface area contributed by atoms with Gasteiger partial charge in [0.05, 0.1) is 5.41 Å². The molecule has 0 aromatic heterocycles. The topological polar surface area (TPSA) is 75.4 Å². The van der Waals surface area contributed by atoms with Crippen LogP contribution in [0.1, 0.15) is 42.1 Å². The van der Waals surface area contributed by atoms with Crippen molar-refractivity contribution in [1.29, 1.82) is 0 Å². The Hall–Kier alpha value is -1.80. The summed E-state index contributed by atoms with van der Waals surface area (Å²) in [7, 11) is 3.68. The molecule has 29 heavy (non-hydrogen) atoms. The number of alkyl halides is 3. The number of nitrogens with one attached hydrogen (secondary N) is 1. The van der Waals surface area contributed by atoms with E-state index in [4.69, 9.17) is 17.3 Å². The fourth-order valence-corrected chi connectivity index (χ4v) is 3.78. The average molecular weight is 434 g/mol. The van der Waals surface area contributed by atoms with E-state index < -0.39 is 29.3 Å². The monoisotopic (exact) mass is 433 g/mol.